The predicted octanol–water partition coefficient (Wildman–Crippen LogP) is 3.37. The third kappa shape index (κ3) is 5.20. The fourth-order valence-corrected chi connectivity index (χ4v) is 2.43. The van der Waals surface area contributed by atoms with Gasteiger partial charge in [-0.15, -0.1) is 0 Å². The van der Waals surface area contributed by atoms with Crippen molar-refractivity contribution < 1.29 is 23.5 Å². The average molecular weight is 360 g/mol. The van der Waals surface area contributed by atoms with Crippen LogP contribution in [0.3, 0.4) is 0 Å². The molecule has 0 aliphatic rings. The summed E-state index contributed by atoms with van der Waals surface area (Å²) in [5.74, 6) is 0.0904. The molecule has 0 fully saturated rings. The molecule has 0 saturated carbocycles. The number of ether oxygens (including phenoxy) is 2. The van der Waals surface area contributed by atoms with Crippen molar-refractivity contribution in [3.05, 3.63) is 47.8 Å². The number of rotatable bonds is 7. The van der Waals surface area contributed by atoms with E-state index in [-0.39, 0.29) is 23.9 Å². The van der Waals surface area contributed by atoms with E-state index >= 15 is 0 Å². The number of hydrogen-bond acceptors (Lipinski definition) is 4. The van der Waals surface area contributed by atoms with Crippen LogP contribution in [0.2, 0.25) is 0 Å². The SMILES string of the molecule is COc1ccc(CCC(=O)Nc2cc(F)ccc2NC(C)=O)cc1OC. The molecule has 0 aromatic heterocycles. The molecular formula is C19H21FN2O4. The van der Waals surface area contributed by atoms with Crippen LogP contribution in [0.15, 0.2) is 36.4 Å². The van der Waals surface area contributed by atoms with Gasteiger partial charge >= 0.3 is 0 Å². The number of carbonyl (C=O) groups is 2. The van der Waals surface area contributed by atoms with Gasteiger partial charge in [-0.3, -0.25) is 9.59 Å². The van der Waals surface area contributed by atoms with Gasteiger partial charge in [0.2, 0.25) is 11.8 Å². The first kappa shape index (κ1) is 19.2. The van der Waals surface area contributed by atoms with Crippen molar-refractivity contribution >= 4 is 23.2 Å². The summed E-state index contributed by atoms with van der Waals surface area (Å²) in [6.07, 6.45) is 0.655. The molecule has 0 aliphatic carbocycles. The van der Waals surface area contributed by atoms with E-state index in [9.17, 15) is 14.0 Å². The molecule has 0 spiro atoms. The molecule has 0 radical (unpaired) electrons. The molecule has 2 N–H and O–H groups in total. The van der Waals surface area contributed by atoms with Gasteiger partial charge in [0.05, 0.1) is 25.6 Å². The van der Waals surface area contributed by atoms with Crippen LogP contribution in [-0.4, -0.2) is 26.0 Å². The lowest BCUT2D eigenvalue weighted by Crippen LogP contribution is -2.15. The minimum absolute atomic E-state index is 0.186. The number of benzene rings is 2. The lowest BCUT2D eigenvalue weighted by molar-refractivity contribution is -0.116. The summed E-state index contributed by atoms with van der Waals surface area (Å²) in [6.45, 7) is 1.34. The van der Waals surface area contributed by atoms with Crippen molar-refractivity contribution in [2.45, 2.75) is 19.8 Å². The molecule has 6 nitrogen and oxygen atoms in total. The van der Waals surface area contributed by atoms with Crippen molar-refractivity contribution in [1.82, 2.24) is 0 Å². The highest BCUT2D eigenvalue weighted by atomic mass is 19.1. The summed E-state index contributed by atoms with van der Waals surface area (Å²) in [6, 6.07) is 9.20. The molecule has 2 aromatic rings. The average Bonchev–Trinajstić information content (AvgIpc) is 2.61. The number of anilines is 2. The summed E-state index contributed by atoms with van der Waals surface area (Å²) in [5, 5.41) is 5.19. The van der Waals surface area contributed by atoms with Crippen molar-refractivity contribution in [3.63, 3.8) is 0 Å². The first-order valence-corrected chi connectivity index (χ1v) is 8.01. The second kappa shape index (κ2) is 8.84. The van der Waals surface area contributed by atoms with Gasteiger partial charge in [-0.1, -0.05) is 6.07 Å². The predicted molar refractivity (Wildman–Crippen MR) is 97.2 cm³/mol. The van der Waals surface area contributed by atoms with Gasteiger partial charge in [-0.25, -0.2) is 4.39 Å². The summed E-state index contributed by atoms with van der Waals surface area (Å²) in [5.41, 5.74) is 1.47. The van der Waals surface area contributed by atoms with Crippen LogP contribution in [-0.2, 0) is 16.0 Å². The smallest absolute Gasteiger partial charge is 0.224 e. The van der Waals surface area contributed by atoms with Crippen molar-refractivity contribution in [1.29, 1.82) is 0 Å². The molecule has 0 unspecified atom stereocenters. The van der Waals surface area contributed by atoms with E-state index < -0.39 is 5.82 Å². The van der Waals surface area contributed by atoms with E-state index in [0.29, 0.717) is 23.6 Å². The van der Waals surface area contributed by atoms with Crippen LogP contribution in [0.4, 0.5) is 15.8 Å². The molecular weight excluding hydrogens is 339 g/mol. The number of methoxy groups -OCH3 is 2. The summed E-state index contributed by atoms with van der Waals surface area (Å²) in [4.78, 5) is 23.4. The minimum atomic E-state index is -0.505. The van der Waals surface area contributed by atoms with Crippen LogP contribution in [0.5, 0.6) is 11.5 Å². The maximum absolute atomic E-state index is 13.5. The zero-order valence-corrected chi connectivity index (χ0v) is 14.9. The lowest BCUT2D eigenvalue weighted by atomic mass is 10.1. The number of aryl methyl sites for hydroxylation is 1. The van der Waals surface area contributed by atoms with Crippen molar-refractivity contribution in [2.24, 2.45) is 0 Å². The number of nitrogens with one attached hydrogen (secondary N) is 2. The van der Waals surface area contributed by atoms with E-state index in [1.807, 2.05) is 6.07 Å². The Morgan fingerprint density at radius 2 is 1.69 bits per heavy atom. The van der Waals surface area contributed by atoms with Gasteiger partial charge in [0.1, 0.15) is 5.82 Å². The Morgan fingerprint density at radius 3 is 2.35 bits per heavy atom. The number of carbonyl (C=O) groups excluding carboxylic acids is 2. The van der Waals surface area contributed by atoms with Gasteiger partial charge in [0.15, 0.2) is 11.5 Å². The summed E-state index contributed by atoms with van der Waals surface area (Å²) >= 11 is 0. The molecule has 0 heterocycles. The van der Waals surface area contributed by atoms with Crippen molar-refractivity contribution in [3.8, 4) is 11.5 Å². The highest BCUT2D eigenvalue weighted by Gasteiger charge is 2.11. The van der Waals surface area contributed by atoms with Crippen LogP contribution < -0.4 is 20.1 Å². The Morgan fingerprint density at radius 1 is 0.962 bits per heavy atom. The summed E-state index contributed by atoms with van der Waals surface area (Å²) < 4.78 is 23.9. The first-order valence-electron chi connectivity index (χ1n) is 8.01. The van der Waals surface area contributed by atoms with Crippen LogP contribution in [0.25, 0.3) is 0 Å². The van der Waals surface area contributed by atoms with E-state index in [4.69, 9.17) is 9.47 Å². The largest absolute Gasteiger partial charge is 0.493 e. The van der Waals surface area contributed by atoms with Gasteiger partial charge in [0.25, 0.3) is 0 Å². The lowest BCUT2D eigenvalue weighted by Gasteiger charge is -2.12. The van der Waals surface area contributed by atoms with E-state index in [1.165, 1.54) is 25.1 Å². The molecule has 2 aromatic carbocycles. The van der Waals surface area contributed by atoms with Crippen LogP contribution in [0, 0.1) is 5.82 Å². The molecule has 7 heteroatoms. The Balaban J connectivity index is 2.03. The highest BCUT2D eigenvalue weighted by molar-refractivity contribution is 5.98. The molecule has 138 valence electrons. The first-order chi connectivity index (χ1) is 12.4. The van der Waals surface area contributed by atoms with Gasteiger partial charge in [-0.2, -0.15) is 0 Å². The number of amides is 2. The van der Waals surface area contributed by atoms with Crippen LogP contribution in [0.1, 0.15) is 18.9 Å². The second-order valence-electron chi connectivity index (χ2n) is 5.61. The Bertz CT molecular complexity index is 808. The topological polar surface area (TPSA) is 76.7 Å². The third-order valence-electron chi connectivity index (χ3n) is 3.66. The fraction of sp³-hybridized carbons (Fsp3) is 0.263. The standard InChI is InChI=1S/C19H21FN2O4/c1-12(23)21-15-7-6-14(20)11-16(15)22-19(24)9-5-13-4-8-17(25-2)18(10-13)26-3/h4,6-8,10-11H,5,9H2,1-3H3,(H,21,23)(H,22,24). The van der Waals surface area contributed by atoms with E-state index in [1.54, 1.807) is 26.4 Å². The number of hydrogen-bond donors (Lipinski definition) is 2. The maximum atomic E-state index is 13.5. The Kier molecular flexibility index (Phi) is 6.54. The molecule has 2 amide bonds. The van der Waals surface area contributed by atoms with Crippen molar-refractivity contribution in [2.75, 3.05) is 24.9 Å². The second-order valence-corrected chi connectivity index (χ2v) is 5.61. The van der Waals surface area contributed by atoms with Gasteiger partial charge in [-0.05, 0) is 42.3 Å². The molecule has 0 saturated heterocycles. The van der Waals surface area contributed by atoms with E-state index in [0.717, 1.165) is 5.56 Å². The van der Waals surface area contributed by atoms with Gasteiger partial charge in [0, 0.05) is 13.3 Å². The minimum Gasteiger partial charge on any atom is -0.493 e. The monoisotopic (exact) mass is 360 g/mol. The molecule has 2 rings (SSSR count). The Hall–Kier alpha value is -3.09. The maximum Gasteiger partial charge on any atom is 0.224 e. The molecule has 0 bridgehead atoms. The van der Waals surface area contributed by atoms with Crippen LogP contribution >= 0.6 is 0 Å². The zero-order chi connectivity index (χ0) is 19.1. The third-order valence-corrected chi connectivity index (χ3v) is 3.66. The van der Waals surface area contributed by atoms with E-state index in [2.05, 4.69) is 10.6 Å². The highest BCUT2D eigenvalue weighted by Crippen LogP contribution is 2.28. The molecule has 0 aliphatic heterocycles. The fourth-order valence-electron chi connectivity index (χ4n) is 2.43. The van der Waals surface area contributed by atoms with Gasteiger partial charge < -0.3 is 20.1 Å². The molecule has 0 atom stereocenters. The zero-order valence-electron chi connectivity index (χ0n) is 14.9. The summed E-state index contributed by atoms with van der Waals surface area (Å²) in [7, 11) is 3.10. The number of halogens is 1. The normalized spacial score (nSPS) is 10.2. The molecule has 26 heavy (non-hydrogen) atoms. The Labute approximate surface area is 151 Å². The quantitative estimate of drug-likeness (QED) is 0.794.